The largest absolute Gasteiger partial charge is 0.395 e. The number of rotatable bonds is 5. The zero-order chi connectivity index (χ0) is 9.52. The van der Waals surface area contributed by atoms with Crippen LogP contribution in [0.15, 0.2) is 0 Å². The van der Waals surface area contributed by atoms with Crippen molar-refractivity contribution in [1.29, 1.82) is 0 Å². The zero-order valence-corrected chi connectivity index (χ0v) is 8.46. The van der Waals surface area contributed by atoms with Crippen LogP contribution < -0.4 is 5.32 Å². The number of aliphatic hydroxyl groups is 1. The second-order valence-corrected chi connectivity index (χ2v) is 3.75. The highest BCUT2D eigenvalue weighted by Crippen LogP contribution is 2.13. The fourth-order valence-corrected chi connectivity index (χ4v) is 1.62. The van der Waals surface area contributed by atoms with E-state index in [1.165, 1.54) is 0 Å². The van der Waals surface area contributed by atoms with Crippen molar-refractivity contribution in [2.24, 2.45) is 5.92 Å². The topological polar surface area (TPSA) is 41.5 Å². The Kier molecular flexibility index (Phi) is 5.35. The highest BCUT2D eigenvalue weighted by Gasteiger charge is 2.14. The first-order chi connectivity index (χ1) is 6.36. The average molecular weight is 187 g/mol. The van der Waals surface area contributed by atoms with Gasteiger partial charge in [0.1, 0.15) is 0 Å². The minimum atomic E-state index is 0.250. The van der Waals surface area contributed by atoms with Crippen molar-refractivity contribution in [3.05, 3.63) is 0 Å². The van der Waals surface area contributed by atoms with E-state index in [1.54, 1.807) is 0 Å². The molecule has 0 aromatic rings. The molecule has 1 saturated heterocycles. The van der Waals surface area contributed by atoms with Crippen LogP contribution in [0, 0.1) is 5.92 Å². The van der Waals surface area contributed by atoms with Crippen LogP contribution in [0.5, 0.6) is 0 Å². The number of hydrogen-bond donors (Lipinski definition) is 2. The lowest BCUT2D eigenvalue weighted by atomic mass is 10.00. The van der Waals surface area contributed by atoms with E-state index in [4.69, 9.17) is 9.84 Å². The fourth-order valence-electron chi connectivity index (χ4n) is 1.62. The molecule has 0 bridgehead atoms. The van der Waals surface area contributed by atoms with E-state index in [2.05, 4.69) is 12.2 Å². The van der Waals surface area contributed by atoms with E-state index in [9.17, 15) is 0 Å². The molecule has 1 aliphatic rings. The van der Waals surface area contributed by atoms with Crippen LogP contribution in [-0.4, -0.2) is 37.5 Å². The molecule has 2 N–H and O–H groups in total. The van der Waals surface area contributed by atoms with E-state index in [-0.39, 0.29) is 12.6 Å². The van der Waals surface area contributed by atoms with Crippen molar-refractivity contribution >= 4 is 0 Å². The van der Waals surface area contributed by atoms with Crippen LogP contribution in [0.1, 0.15) is 26.2 Å². The molecule has 78 valence electrons. The predicted molar refractivity (Wildman–Crippen MR) is 52.7 cm³/mol. The van der Waals surface area contributed by atoms with Gasteiger partial charge in [-0.25, -0.2) is 0 Å². The summed E-state index contributed by atoms with van der Waals surface area (Å²) in [6.45, 7) is 5.19. The molecule has 1 rings (SSSR count). The first kappa shape index (κ1) is 11.0. The molecular formula is C10H21NO2. The van der Waals surface area contributed by atoms with Crippen LogP contribution in [0.2, 0.25) is 0 Å². The van der Waals surface area contributed by atoms with E-state index >= 15 is 0 Å². The third-order valence-electron chi connectivity index (χ3n) is 2.75. The molecule has 3 heteroatoms. The number of nitrogens with one attached hydrogen (secondary N) is 1. The van der Waals surface area contributed by atoms with Gasteiger partial charge in [0.05, 0.1) is 6.61 Å². The summed E-state index contributed by atoms with van der Waals surface area (Å²) < 4.78 is 5.28. The summed E-state index contributed by atoms with van der Waals surface area (Å²) in [6.07, 6.45) is 3.32. The van der Waals surface area contributed by atoms with Gasteiger partial charge in [0.2, 0.25) is 0 Å². The van der Waals surface area contributed by atoms with Crippen LogP contribution in [0.25, 0.3) is 0 Å². The summed E-state index contributed by atoms with van der Waals surface area (Å²) in [5.41, 5.74) is 0. The van der Waals surface area contributed by atoms with Gasteiger partial charge in [0.15, 0.2) is 0 Å². The number of ether oxygens (including phenoxy) is 1. The van der Waals surface area contributed by atoms with Gasteiger partial charge in [0, 0.05) is 19.3 Å². The normalized spacial score (nSPS) is 21.7. The van der Waals surface area contributed by atoms with E-state index in [1.807, 2.05) is 0 Å². The molecular weight excluding hydrogens is 166 g/mol. The molecule has 0 aromatic carbocycles. The van der Waals surface area contributed by atoms with Crippen molar-refractivity contribution in [2.45, 2.75) is 32.2 Å². The minimum Gasteiger partial charge on any atom is -0.395 e. The lowest BCUT2D eigenvalue weighted by molar-refractivity contribution is 0.0645. The number of hydrogen-bond acceptors (Lipinski definition) is 3. The molecule has 1 heterocycles. The molecule has 1 aliphatic heterocycles. The monoisotopic (exact) mass is 187 g/mol. The third kappa shape index (κ3) is 4.07. The van der Waals surface area contributed by atoms with Crippen molar-refractivity contribution in [3.8, 4) is 0 Å². The SMILES string of the molecule is CCC(CO)NCC1CCOCC1. The predicted octanol–water partition coefficient (Wildman–Crippen LogP) is 0.773. The maximum Gasteiger partial charge on any atom is 0.0584 e. The second-order valence-electron chi connectivity index (χ2n) is 3.75. The van der Waals surface area contributed by atoms with Crippen LogP contribution in [0.3, 0.4) is 0 Å². The third-order valence-corrected chi connectivity index (χ3v) is 2.75. The van der Waals surface area contributed by atoms with Crippen molar-refractivity contribution in [3.63, 3.8) is 0 Å². The van der Waals surface area contributed by atoms with Gasteiger partial charge >= 0.3 is 0 Å². The Balaban J connectivity index is 2.09. The molecule has 0 aliphatic carbocycles. The standard InChI is InChI=1S/C10H21NO2/c1-2-10(8-12)11-7-9-3-5-13-6-4-9/h9-12H,2-8H2,1H3. The summed E-state index contributed by atoms with van der Waals surface area (Å²) in [5.74, 6) is 0.745. The van der Waals surface area contributed by atoms with Gasteiger partial charge in [-0.3, -0.25) is 0 Å². The minimum absolute atomic E-state index is 0.250. The molecule has 0 spiro atoms. The lowest BCUT2D eigenvalue weighted by Gasteiger charge is -2.24. The van der Waals surface area contributed by atoms with Crippen LogP contribution in [0.4, 0.5) is 0 Å². The molecule has 1 fully saturated rings. The molecule has 0 radical (unpaired) electrons. The molecule has 0 amide bonds. The summed E-state index contributed by atoms with van der Waals surface area (Å²) in [5, 5.41) is 12.4. The lowest BCUT2D eigenvalue weighted by Crippen LogP contribution is -2.37. The Labute approximate surface area is 80.5 Å². The first-order valence-corrected chi connectivity index (χ1v) is 5.28. The van der Waals surface area contributed by atoms with Gasteiger partial charge < -0.3 is 15.2 Å². The van der Waals surface area contributed by atoms with E-state index < -0.39 is 0 Å². The molecule has 0 saturated carbocycles. The van der Waals surface area contributed by atoms with E-state index in [0.717, 1.165) is 44.9 Å². The summed E-state index contributed by atoms with van der Waals surface area (Å²) in [7, 11) is 0. The molecule has 13 heavy (non-hydrogen) atoms. The van der Waals surface area contributed by atoms with Gasteiger partial charge in [-0.1, -0.05) is 6.92 Å². The fraction of sp³-hybridized carbons (Fsp3) is 1.00. The average Bonchev–Trinajstić information content (AvgIpc) is 2.21. The van der Waals surface area contributed by atoms with Crippen molar-refractivity contribution in [2.75, 3.05) is 26.4 Å². The summed E-state index contributed by atoms with van der Waals surface area (Å²) in [6, 6.07) is 0.280. The maximum atomic E-state index is 8.97. The Morgan fingerprint density at radius 1 is 1.46 bits per heavy atom. The number of aliphatic hydroxyl groups excluding tert-OH is 1. The van der Waals surface area contributed by atoms with Gasteiger partial charge in [-0.05, 0) is 31.7 Å². The smallest absolute Gasteiger partial charge is 0.0584 e. The molecule has 1 atom stereocenters. The van der Waals surface area contributed by atoms with Crippen molar-refractivity contribution in [1.82, 2.24) is 5.32 Å². The van der Waals surface area contributed by atoms with Crippen LogP contribution >= 0.6 is 0 Å². The Bertz CT molecular complexity index is 120. The van der Waals surface area contributed by atoms with E-state index in [0.29, 0.717) is 0 Å². The van der Waals surface area contributed by atoms with Gasteiger partial charge in [-0.2, -0.15) is 0 Å². The zero-order valence-electron chi connectivity index (χ0n) is 8.46. The summed E-state index contributed by atoms with van der Waals surface area (Å²) >= 11 is 0. The molecule has 3 nitrogen and oxygen atoms in total. The maximum absolute atomic E-state index is 8.97. The highest BCUT2D eigenvalue weighted by molar-refractivity contribution is 4.70. The van der Waals surface area contributed by atoms with Gasteiger partial charge in [-0.15, -0.1) is 0 Å². The quantitative estimate of drug-likeness (QED) is 0.668. The highest BCUT2D eigenvalue weighted by atomic mass is 16.5. The summed E-state index contributed by atoms with van der Waals surface area (Å²) in [4.78, 5) is 0. The van der Waals surface area contributed by atoms with Gasteiger partial charge in [0.25, 0.3) is 0 Å². The molecule has 0 aromatic heterocycles. The second kappa shape index (κ2) is 6.35. The Hall–Kier alpha value is -0.120. The van der Waals surface area contributed by atoms with Crippen molar-refractivity contribution < 1.29 is 9.84 Å². The Morgan fingerprint density at radius 2 is 2.15 bits per heavy atom. The Morgan fingerprint density at radius 3 is 2.69 bits per heavy atom. The molecule has 1 unspecified atom stereocenters. The van der Waals surface area contributed by atoms with Crippen LogP contribution in [-0.2, 0) is 4.74 Å². The first-order valence-electron chi connectivity index (χ1n) is 5.28.